The Labute approximate surface area is 120 Å². The van der Waals surface area contributed by atoms with Gasteiger partial charge in [0.05, 0.1) is 19.0 Å². The van der Waals surface area contributed by atoms with Gasteiger partial charge in [0.15, 0.2) is 11.2 Å². The van der Waals surface area contributed by atoms with Gasteiger partial charge in [-0.1, -0.05) is 0 Å². The maximum Gasteiger partial charge on any atom is 0.280 e. The number of fused-ring (bicyclic) bond motifs is 1. The summed E-state index contributed by atoms with van der Waals surface area (Å²) in [4.78, 5) is 22.4. The van der Waals surface area contributed by atoms with E-state index in [9.17, 15) is 9.90 Å². The van der Waals surface area contributed by atoms with Crippen molar-refractivity contribution in [1.29, 1.82) is 0 Å². The van der Waals surface area contributed by atoms with Crippen LogP contribution in [0.1, 0.15) is 19.1 Å². The van der Waals surface area contributed by atoms with E-state index in [1.165, 1.54) is 6.33 Å². The molecule has 1 aliphatic heterocycles. The van der Waals surface area contributed by atoms with Crippen molar-refractivity contribution in [2.45, 2.75) is 25.2 Å². The molecule has 0 amide bonds. The molecule has 0 radical (unpaired) electrons. The zero-order valence-electron chi connectivity index (χ0n) is 11.2. The number of aliphatic hydroxyl groups excluding tert-OH is 1. The predicted octanol–water partition coefficient (Wildman–Crippen LogP) is -0.379. The summed E-state index contributed by atoms with van der Waals surface area (Å²) in [5.41, 5.74) is 5.72. The summed E-state index contributed by atoms with van der Waals surface area (Å²) in [7, 11) is 0. The number of terminal acetylenes is 1. The number of imidazole rings is 1. The van der Waals surface area contributed by atoms with Crippen LogP contribution in [0.5, 0.6) is 0 Å². The van der Waals surface area contributed by atoms with Crippen molar-refractivity contribution in [3.63, 3.8) is 0 Å². The third-order valence-corrected chi connectivity index (χ3v) is 3.61. The van der Waals surface area contributed by atoms with Gasteiger partial charge in [-0.2, -0.15) is 4.98 Å². The number of nitrogens with zero attached hydrogens (tertiary/aromatic N) is 3. The van der Waals surface area contributed by atoms with Gasteiger partial charge in [-0.3, -0.25) is 14.3 Å². The van der Waals surface area contributed by atoms with Gasteiger partial charge < -0.3 is 15.6 Å². The molecule has 1 aliphatic rings. The van der Waals surface area contributed by atoms with Gasteiger partial charge in [0.2, 0.25) is 5.95 Å². The highest BCUT2D eigenvalue weighted by Gasteiger charge is 2.36. The van der Waals surface area contributed by atoms with Crippen LogP contribution < -0.4 is 11.3 Å². The maximum absolute atomic E-state index is 11.8. The third-order valence-electron chi connectivity index (χ3n) is 3.61. The van der Waals surface area contributed by atoms with E-state index in [1.807, 2.05) is 0 Å². The highest BCUT2D eigenvalue weighted by Crippen LogP contribution is 2.37. The van der Waals surface area contributed by atoms with Crippen LogP contribution >= 0.6 is 0 Å². The molecule has 8 heteroatoms. The van der Waals surface area contributed by atoms with Gasteiger partial charge in [-0.25, -0.2) is 4.98 Å². The third kappa shape index (κ3) is 2.26. The van der Waals surface area contributed by atoms with Crippen LogP contribution in [-0.4, -0.2) is 37.3 Å². The molecule has 0 bridgehead atoms. The van der Waals surface area contributed by atoms with E-state index in [-0.39, 0.29) is 30.1 Å². The molecule has 1 fully saturated rings. The Kier molecular flexibility index (Phi) is 3.37. The standard InChI is InChI=1S/C13H15N5O3/c1-2-3-7-4-8(5-19)21-12(7)18-6-15-9-10(18)16-13(14)17-11(9)20/h1,6-8,12,19H,3-5H2,(H3,14,16,17,20)/t7-,8+,12-/m1/s1. The van der Waals surface area contributed by atoms with Gasteiger partial charge in [-0.05, 0) is 6.42 Å². The Morgan fingerprint density at radius 1 is 1.67 bits per heavy atom. The zero-order valence-corrected chi connectivity index (χ0v) is 11.2. The Morgan fingerprint density at radius 3 is 3.19 bits per heavy atom. The first kappa shape index (κ1) is 13.6. The number of nitrogens with one attached hydrogen (secondary N) is 1. The average molecular weight is 289 g/mol. The van der Waals surface area contributed by atoms with Crippen LogP contribution in [-0.2, 0) is 4.74 Å². The molecule has 2 aromatic heterocycles. The fraction of sp³-hybridized carbons (Fsp3) is 0.462. The summed E-state index contributed by atoms with van der Waals surface area (Å²) in [6, 6.07) is 0. The number of ether oxygens (including phenoxy) is 1. The van der Waals surface area contributed by atoms with Crippen LogP contribution in [0.15, 0.2) is 11.1 Å². The molecule has 0 unspecified atom stereocenters. The summed E-state index contributed by atoms with van der Waals surface area (Å²) in [6.45, 7) is -0.0830. The van der Waals surface area contributed by atoms with Crippen LogP contribution in [0.25, 0.3) is 11.2 Å². The lowest BCUT2D eigenvalue weighted by Gasteiger charge is -2.18. The van der Waals surface area contributed by atoms with Crippen molar-refractivity contribution < 1.29 is 9.84 Å². The smallest absolute Gasteiger partial charge is 0.280 e. The summed E-state index contributed by atoms with van der Waals surface area (Å²) in [6.07, 6.45) is 7.31. The number of nitrogen functional groups attached to an aromatic ring is 1. The molecule has 0 aliphatic carbocycles. The molecule has 3 atom stereocenters. The minimum atomic E-state index is -0.420. The summed E-state index contributed by atoms with van der Waals surface area (Å²) >= 11 is 0. The van der Waals surface area contributed by atoms with Crippen LogP contribution in [0.2, 0.25) is 0 Å². The molecule has 3 heterocycles. The van der Waals surface area contributed by atoms with Gasteiger partial charge >= 0.3 is 0 Å². The maximum atomic E-state index is 11.8. The van der Waals surface area contributed by atoms with E-state index in [0.717, 1.165) is 0 Å². The highest BCUT2D eigenvalue weighted by molar-refractivity contribution is 5.70. The average Bonchev–Trinajstić information content (AvgIpc) is 3.02. The fourth-order valence-electron chi connectivity index (χ4n) is 2.69. The second kappa shape index (κ2) is 5.20. The number of hydrogen-bond acceptors (Lipinski definition) is 6. The lowest BCUT2D eigenvalue weighted by Crippen LogP contribution is -2.18. The zero-order chi connectivity index (χ0) is 15.0. The first-order chi connectivity index (χ1) is 10.1. The van der Waals surface area contributed by atoms with E-state index in [2.05, 4.69) is 20.9 Å². The molecular formula is C13H15N5O3. The minimum absolute atomic E-state index is 0.0134. The number of nitrogens with two attached hydrogens (primary N) is 1. The van der Waals surface area contributed by atoms with E-state index in [0.29, 0.717) is 18.5 Å². The van der Waals surface area contributed by atoms with E-state index >= 15 is 0 Å². The lowest BCUT2D eigenvalue weighted by atomic mass is 10.00. The molecule has 0 saturated carbocycles. The fourth-order valence-corrected chi connectivity index (χ4v) is 2.69. The Morgan fingerprint density at radius 2 is 2.48 bits per heavy atom. The number of rotatable bonds is 3. The Bertz CT molecular complexity index is 759. The summed E-state index contributed by atoms with van der Waals surface area (Å²) < 4.78 is 7.44. The van der Waals surface area contributed by atoms with E-state index in [1.54, 1.807) is 4.57 Å². The Balaban J connectivity index is 2.07. The number of aromatic amines is 1. The van der Waals surface area contributed by atoms with Gasteiger partial charge in [0, 0.05) is 12.3 Å². The first-order valence-corrected chi connectivity index (χ1v) is 6.56. The second-order valence-electron chi connectivity index (χ2n) is 5.01. The molecule has 21 heavy (non-hydrogen) atoms. The minimum Gasteiger partial charge on any atom is -0.394 e. The van der Waals surface area contributed by atoms with E-state index < -0.39 is 11.8 Å². The SMILES string of the molecule is C#CC[C@@H]1C[C@@H](CO)O[C@H]1n1cnc2c(=O)[nH]c(N)nc21. The van der Waals surface area contributed by atoms with Crippen molar-refractivity contribution in [3.8, 4) is 12.3 Å². The van der Waals surface area contributed by atoms with E-state index in [4.69, 9.17) is 16.9 Å². The molecular weight excluding hydrogens is 274 g/mol. The predicted molar refractivity (Wildman–Crippen MR) is 75.1 cm³/mol. The topological polar surface area (TPSA) is 119 Å². The molecule has 0 aromatic carbocycles. The Hall–Kier alpha value is -2.37. The van der Waals surface area contributed by atoms with Crippen molar-refractivity contribution in [3.05, 3.63) is 16.7 Å². The number of aliphatic hydroxyl groups is 1. The number of anilines is 1. The van der Waals surface area contributed by atoms with Crippen LogP contribution in [0.3, 0.4) is 0 Å². The molecule has 1 saturated heterocycles. The van der Waals surface area contributed by atoms with Crippen molar-refractivity contribution in [1.82, 2.24) is 19.5 Å². The van der Waals surface area contributed by atoms with Crippen LogP contribution in [0.4, 0.5) is 5.95 Å². The molecule has 4 N–H and O–H groups in total. The molecule has 0 spiro atoms. The summed E-state index contributed by atoms with van der Waals surface area (Å²) in [5, 5.41) is 9.28. The number of H-pyrrole nitrogens is 1. The first-order valence-electron chi connectivity index (χ1n) is 6.56. The normalized spacial score (nSPS) is 25.2. The van der Waals surface area contributed by atoms with Crippen molar-refractivity contribution in [2.24, 2.45) is 5.92 Å². The highest BCUT2D eigenvalue weighted by atomic mass is 16.5. The van der Waals surface area contributed by atoms with Gasteiger partial charge in [0.25, 0.3) is 5.56 Å². The van der Waals surface area contributed by atoms with Gasteiger partial charge in [-0.15, -0.1) is 12.3 Å². The molecule has 110 valence electrons. The summed E-state index contributed by atoms with van der Waals surface area (Å²) in [5.74, 6) is 2.64. The number of aromatic nitrogens is 4. The number of hydrogen-bond donors (Lipinski definition) is 3. The molecule has 3 rings (SSSR count). The largest absolute Gasteiger partial charge is 0.394 e. The monoisotopic (exact) mass is 289 g/mol. The lowest BCUT2D eigenvalue weighted by molar-refractivity contribution is -0.0306. The van der Waals surface area contributed by atoms with Crippen molar-refractivity contribution >= 4 is 17.1 Å². The quantitative estimate of drug-likeness (QED) is 0.663. The second-order valence-corrected chi connectivity index (χ2v) is 5.01. The van der Waals surface area contributed by atoms with Crippen LogP contribution in [0, 0.1) is 18.3 Å². The molecule has 8 nitrogen and oxygen atoms in total. The van der Waals surface area contributed by atoms with Gasteiger partial charge in [0.1, 0.15) is 6.23 Å². The van der Waals surface area contributed by atoms with Crippen molar-refractivity contribution in [2.75, 3.05) is 12.3 Å². The molecule has 2 aromatic rings.